The molecule has 5 aliphatic rings. The summed E-state index contributed by atoms with van der Waals surface area (Å²) < 4.78 is 0. The van der Waals surface area contributed by atoms with E-state index in [9.17, 15) is 19.6 Å². The highest BCUT2D eigenvalue weighted by Crippen LogP contribution is 2.46. The number of hydrogen-bond donors (Lipinski definition) is 2. The molecule has 0 saturated carbocycles. The number of pyridine rings is 1. The number of carbonyl (C=O) groups is 3. The van der Waals surface area contributed by atoms with Gasteiger partial charge < -0.3 is 24.9 Å². The molecular formula is C43H52ClN9O3. The second-order valence-corrected chi connectivity index (χ2v) is 17.0. The van der Waals surface area contributed by atoms with Crippen LogP contribution < -0.4 is 25.3 Å². The van der Waals surface area contributed by atoms with Crippen LogP contribution in [0.15, 0.2) is 60.8 Å². The van der Waals surface area contributed by atoms with Gasteiger partial charge in [0.15, 0.2) is 0 Å². The zero-order valence-corrected chi connectivity index (χ0v) is 33.0. The quantitative estimate of drug-likeness (QED) is 0.288. The zero-order chi connectivity index (χ0) is 38.8. The zero-order valence-electron chi connectivity index (χ0n) is 32.3. The number of benzene rings is 2. The summed E-state index contributed by atoms with van der Waals surface area (Å²) >= 11 is 6.38. The Balaban J connectivity index is 0.762. The number of piperazine rings is 1. The van der Waals surface area contributed by atoms with Crippen LogP contribution in [-0.4, -0.2) is 110 Å². The first-order valence-corrected chi connectivity index (χ1v) is 20.7. The van der Waals surface area contributed by atoms with Gasteiger partial charge in [0.2, 0.25) is 11.8 Å². The number of aromatic nitrogens is 1. The summed E-state index contributed by atoms with van der Waals surface area (Å²) in [5.41, 5.74) is 4.67. The molecule has 1 aromatic heterocycles. The highest BCUT2D eigenvalue weighted by Gasteiger charge is 2.44. The molecule has 3 aromatic rings. The largest absolute Gasteiger partial charge is 0.374 e. The Morgan fingerprint density at radius 3 is 2.36 bits per heavy atom. The Morgan fingerprint density at radius 2 is 1.66 bits per heavy atom. The predicted octanol–water partition coefficient (Wildman–Crippen LogP) is 5.38. The fourth-order valence-electron chi connectivity index (χ4n) is 9.59. The van der Waals surface area contributed by atoms with Crippen LogP contribution in [0.2, 0.25) is 5.02 Å². The summed E-state index contributed by atoms with van der Waals surface area (Å²) in [5, 5.41) is 15.5. The van der Waals surface area contributed by atoms with Gasteiger partial charge in [0, 0.05) is 113 Å². The first-order valence-electron chi connectivity index (χ1n) is 20.3. The maximum absolute atomic E-state index is 13.5. The molecule has 2 unspecified atom stereocenters. The Bertz CT molecular complexity index is 1960. The number of imide groups is 1. The SMILES string of the molecule is CC1CC2(CCN(c3ccc(C(=O)N4CCC(CN5CCN(c6cc(NC7CCC(=O)NC7=O)ccn6)CC5)CC4)cc3)CC2)CN1c1ccc(C#N)c(Cl)c1. The Labute approximate surface area is 334 Å². The molecule has 3 amide bonds. The molecule has 6 heterocycles. The monoisotopic (exact) mass is 777 g/mol. The molecule has 294 valence electrons. The summed E-state index contributed by atoms with van der Waals surface area (Å²) in [7, 11) is 0. The number of hydrogen-bond acceptors (Lipinski definition) is 10. The first kappa shape index (κ1) is 38.0. The molecule has 0 radical (unpaired) electrons. The number of nitrogens with one attached hydrogen (secondary N) is 2. The van der Waals surface area contributed by atoms with Crippen LogP contribution in [0.4, 0.5) is 22.9 Å². The molecule has 2 N–H and O–H groups in total. The van der Waals surface area contributed by atoms with Gasteiger partial charge in [-0.15, -0.1) is 0 Å². The van der Waals surface area contributed by atoms with Crippen molar-refractivity contribution in [3.63, 3.8) is 0 Å². The van der Waals surface area contributed by atoms with Crippen LogP contribution in [0.1, 0.15) is 67.8 Å². The molecule has 13 heteroatoms. The minimum absolute atomic E-state index is 0.131. The number of halogens is 1. The summed E-state index contributed by atoms with van der Waals surface area (Å²) in [6.45, 7) is 11.6. The average molecular weight is 778 g/mol. The van der Waals surface area contributed by atoms with E-state index in [4.69, 9.17) is 11.6 Å². The van der Waals surface area contributed by atoms with Crippen molar-refractivity contribution < 1.29 is 14.4 Å². The van der Waals surface area contributed by atoms with E-state index in [-0.39, 0.29) is 23.1 Å². The normalized spacial score (nSPS) is 23.3. The predicted molar refractivity (Wildman–Crippen MR) is 219 cm³/mol. The van der Waals surface area contributed by atoms with Crippen molar-refractivity contribution in [2.24, 2.45) is 11.3 Å². The van der Waals surface area contributed by atoms with Crippen molar-refractivity contribution in [2.45, 2.75) is 64.0 Å². The van der Waals surface area contributed by atoms with Crippen molar-refractivity contribution >= 4 is 52.2 Å². The fourth-order valence-corrected chi connectivity index (χ4v) is 9.81. The molecular weight excluding hydrogens is 726 g/mol. The molecule has 5 aliphatic heterocycles. The van der Waals surface area contributed by atoms with Gasteiger partial charge in [-0.25, -0.2) is 4.98 Å². The van der Waals surface area contributed by atoms with E-state index < -0.39 is 6.04 Å². The Kier molecular flexibility index (Phi) is 11.1. The lowest BCUT2D eigenvalue weighted by atomic mass is 9.76. The minimum Gasteiger partial charge on any atom is -0.374 e. The van der Waals surface area contributed by atoms with E-state index in [0.717, 1.165) is 120 Å². The van der Waals surface area contributed by atoms with Crippen molar-refractivity contribution in [3.05, 3.63) is 76.9 Å². The van der Waals surface area contributed by atoms with Crippen molar-refractivity contribution in [2.75, 3.05) is 85.5 Å². The lowest BCUT2D eigenvalue weighted by Gasteiger charge is -2.40. The van der Waals surface area contributed by atoms with Gasteiger partial charge in [0.1, 0.15) is 17.9 Å². The summed E-state index contributed by atoms with van der Waals surface area (Å²) in [5.74, 6) is 1.11. The topological polar surface area (TPSA) is 128 Å². The molecule has 0 bridgehead atoms. The molecule has 5 fully saturated rings. The summed E-state index contributed by atoms with van der Waals surface area (Å²) in [6.07, 6.45) is 8.04. The van der Waals surface area contributed by atoms with Gasteiger partial charge in [-0.1, -0.05) is 11.6 Å². The molecule has 0 aliphatic carbocycles. The number of nitriles is 1. The van der Waals surface area contributed by atoms with Gasteiger partial charge >= 0.3 is 0 Å². The molecule has 1 spiro atoms. The molecule has 56 heavy (non-hydrogen) atoms. The van der Waals surface area contributed by atoms with E-state index in [1.54, 1.807) is 6.20 Å². The van der Waals surface area contributed by atoms with Crippen molar-refractivity contribution in [1.29, 1.82) is 5.26 Å². The maximum atomic E-state index is 13.5. The van der Waals surface area contributed by atoms with Gasteiger partial charge in [0.05, 0.1) is 10.6 Å². The number of carbonyl (C=O) groups excluding carboxylic acids is 3. The second-order valence-electron chi connectivity index (χ2n) is 16.6. The van der Waals surface area contributed by atoms with Crippen molar-refractivity contribution in [3.8, 4) is 6.07 Å². The molecule has 8 rings (SSSR count). The third kappa shape index (κ3) is 8.30. The maximum Gasteiger partial charge on any atom is 0.253 e. The molecule has 5 saturated heterocycles. The summed E-state index contributed by atoms with van der Waals surface area (Å²) in [4.78, 5) is 53.7. The lowest BCUT2D eigenvalue weighted by Crippen LogP contribution is -2.49. The third-order valence-corrected chi connectivity index (χ3v) is 13.2. The van der Waals surface area contributed by atoms with E-state index in [1.807, 2.05) is 47.4 Å². The number of nitrogens with zero attached hydrogens (tertiary/aromatic N) is 7. The van der Waals surface area contributed by atoms with Crippen LogP contribution in [0, 0.1) is 22.7 Å². The van der Waals surface area contributed by atoms with E-state index in [2.05, 4.69) is 60.3 Å². The second kappa shape index (κ2) is 16.3. The highest BCUT2D eigenvalue weighted by molar-refractivity contribution is 6.32. The van der Waals surface area contributed by atoms with Crippen LogP contribution in [0.25, 0.3) is 0 Å². The van der Waals surface area contributed by atoms with Gasteiger partial charge in [0.25, 0.3) is 5.91 Å². The molecule has 2 aromatic carbocycles. The average Bonchev–Trinajstić information content (AvgIpc) is 3.54. The summed E-state index contributed by atoms with van der Waals surface area (Å²) in [6, 6.07) is 20.1. The van der Waals surface area contributed by atoms with Crippen molar-refractivity contribution in [1.82, 2.24) is 20.1 Å². The fraction of sp³-hybridized carbons (Fsp3) is 0.512. The third-order valence-electron chi connectivity index (χ3n) is 12.9. The molecule has 12 nitrogen and oxygen atoms in total. The lowest BCUT2D eigenvalue weighted by molar-refractivity contribution is -0.133. The van der Waals surface area contributed by atoms with E-state index >= 15 is 0 Å². The smallest absolute Gasteiger partial charge is 0.253 e. The van der Waals surface area contributed by atoms with E-state index in [0.29, 0.717) is 35.4 Å². The minimum atomic E-state index is -0.417. The number of piperidine rings is 3. The number of rotatable bonds is 8. The van der Waals surface area contributed by atoms with Gasteiger partial charge in [-0.2, -0.15) is 5.26 Å². The number of amides is 3. The standard InChI is InChI=1S/C43H52ClN9O3/c1-30-26-43(29-53(30)36-7-4-33(27-45)37(44)25-36)13-18-50(19-14-43)35-5-2-32(3-6-35)42(56)52-16-11-31(12-17-52)28-49-20-22-51(23-21-49)39-24-34(10-15-46-39)47-38-8-9-40(54)48-41(38)55/h2-7,10,15,24-25,30-31,38H,8-9,11-14,16-23,26,28-29H2,1H3,(H,46,47)(H,48,54,55). The Hall–Kier alpha value is -4.86. The van der Waals surface area contributed by atoms with Gasteiger partial charge in [-0.05, 0) is 105 Å². The number of likely N-dealkylation sites (tertiary alicyclic amines) is 1. The van der Waals surface area contributed by atoms with Crippen LogP contribution >= 0.6 is 11.6 Å². The van der Waals surface area contributed by atoms with E-state index in [1.165, 1.54) is 5.69 Å². The first-order chi connectivity index (χ1) is 27.1. The highest BCUT2D eigenvalue weighted by atomic mass is 35.5. The van der Waals surface area contributed by atoms with Crippen LogP contribution in [0.3, 0.4) is 0 Å². The molecule has 2 atom stereocenters. The Morgan fingerprint density at radius 1 is 0.929 bits per heavy atom. The van der Waals surface area contributed by atoms with Crippen LogP contribution in [0.5, 0.6) is 0 Å². The number of anilines is 4. The van der Waals surface area contributed by atoms with Gasteiger partial charge in [-0.3, -0.25) is 24.6 Å². The van der Waals surface area contributed by atoms with Crippen LogP contribution in [-0.2, 0) is 9.59 Å².